The van der Waals surface area contributed by atoms with E-state index in [2.05, 4.69) is 0 Å². The SMILES string of the molecule is COc1ccc(S(=O)(=O)N2CCC(C(=O)N(C)C(C)c3cccc(S(N)(=O)=O)c3)CC2)cc1. The first-order chi connectivity index (χ1) is 15.4. The van der Waals surface area contributed by atoms with E-state index in [0.29, 0.717) is 24.2 Å². The number of hydrogen-bond donors (Lipinski definition) is 1. The maximum atomic E-state index is 13.1. The van der Waals surface area contributed by atoms with Crippen LogP contribution in [0, 0.1) is 5.92 Å². The zero-order valence-electron chi connectivity index (χ0n) is 18.8. The van der Waals surface area contributed by atoms with E-state index in [9.17, 15) is 21.6 Å². The number of amides is 1. The van der Waals surface area contributed by atoms with Crippen molar-refractivity contribution in [2.75, 3.05) is 27.2 Å². The minimum atomic E-state index is -3.85. The van der Waals surface area contributed by atoms with Gasteiger partial charge in [-0.2, -0.15) is 4.31 Å². The van der Waals surface area contributed by atoms with Crippen LogP contribution in [-0.2, 0) is 24.8 Å². The van der Waals surface area contributed by atoms with Gasteiger partial charge in [-0.15, -0.1) is 0 Å². The van der Waals surface area contributed by atoms with Crippen molar-refractivity contribution >= 4 is 26.0 Å². The summed E-state index contributed by atoms with van der Waals surface area (Å²) in [5.41, 5.74) is 0.650. The normalized spacial score (nSPS) is 16.8. The summed E-state index contributed by atoms with van der Waals surface area (Å²) in [6.07, 6.45) is 0.811. The summed E-state index contributed by atoms with van der Waals surface area (Å²) < 4.78 is 55.6. The maximum Gasteiger partial charge on any atom is 0.243 e. The summed E-state index contributed by atoms with van der Waals surface area (Å²) in [4.78, 5) is 14.8. The Balaban J connectivity index is 1.66. The number of methoxy groups -OCH3 is 1. The molecule has 1 atom stereocenters. The van der Waals surface area contributed by atoms with Gasteiger partial charge in [0.05, 0.1) is 22.9 Å². The number of ether oxygens (including phenoxy) is 1. The minimum absolute atomic E-state index is 0.00949. The quantitative estimate of drug-likeness (QED) is 0.626. The topological polar surface area (TPSA) is 127 Å². The highest BCUT2D eigenvalue weighted by Crippen LogP contribution is 2.29. The van der Waals surface area contributed by atoms with Gasteiger partial charge >= 0.3 is 0 Å². The Morgan fingerprint density at radius 3 is 2.21 bits per heavy atom. The van der Waals surface area contributed by atoms with Crippen LogP contribution in [0.2, 0.25) is 0 Å². The predicted octanol–water partition coefficient (Wildman–Crippen LogP) is 1.96. The number of carbonyl (C=O) groups excluding carboxylic acids is 1. The van der Waals surface area contributed by atoms with Crippen molar-refractivity contribution in [1.82, 2.24) is 9.21 Å². The summed E-state index contributed by atoms with van der Waals surface area (Å²) in [7, 11) is -4.32. The molecule has 1 fully saturated rings. The van der Waals surface area contributed by atoms with Gasteiger partial charge in [0.15, 0.2) is 0 Å². The van der Waals surface area contributed by atoms with Crippen LogP contribution < -0.4 is 9.88 Å². The first-order valence-corrected chi connectivity index (χ1v) is 13.5. The van der Waals surface area contributed by atoms with Crippen molar-refractivity contribution in [3.05, 3.63) is 54.1 Å². The average molecular weight is 496 g/mol. The Kier molecular flexibility index (Phi) is 7.47. The van der Waals surface area contributed by atoms with Crippen molar-refractivity contribution in [3.63, 3.8) is 0 Å². The number of rotatable bonds is 7. The minimum Gasteiger partial charge on any atom is -0.497 e. The predicted molar refractivity (Wildman–Crippen MR) is 123 cm³/mol. The van der Waals surface area contributed by atoms with Crippen LogP contribution >= 0.6 is 0 Å². The third kappa shape index (κ3) is 5.55. The smallest absolute Gasteiger partial charge is 0.243 e. The first-order valence-electron chi connectivity index (χ1n) is 10.5. The Labute approximate surface area is 195 Å². The summed E-state index contributed by atoms with van der Waals surface area (Å²) in [5, 5.41) is 5.21. The molecule has 0 aliphatic carbocycles. The van der Waals surface area contributed by atoms with Gasteiger partial charge in [0.2, 0.25) is 26.0 Å². The van der Waals surface area contributed by atoms with E-state index in [0.717, 1.165) is 0 Å². The van der Waals surface area contributed by atoms with E-state index >= 15 is 0 Å². The molecule has 0 radical (unpaired) electrons. The number of piperidine rings is 1. The Bertz CT molecular complexity index is 1200. The number of benzene rings is 2. The molecule has 1 unspecified atom stereocenters. The molecule has 1 amide bonds. The van der Waals surface area contributed by atoms with E-state index in [4.69, 9.17) is 9.88 Å². The van der Waals surface area contributed by atoms with Crippen LogP contribution in [0.5, 0.6) is 5.75 Å². The fourth-order valence-electron chi connectivity index (χ4n) is 3.89. The Morgan fingerprint density at radius 2 is 1.67 bits per heavy atom. The molecule has 33 heavy (non-hydrogen) atoms. The Hall–Kier alpha value is -2.47. The molecule has 11 heteroatoms. The van der Waals surface area contributed by atoms with Gasteiger partial charge in [0, 0.05) is 26.1 Å². The number of primary sulfonamides is 1. The molecular formula is C22H29N3O6S2. The molecule has 0 saturated carbocycles. The zero-order chi connectivity index (χ0) is 24.4. The van der Waals surface area contributed by atoms with E-state index in [1.54, 1.807) is 36.2 Å². The van der Waals surface area contributed by atoms with Crippen LogP contribution in [0.25, 0.3) is 0 Å². The summed E-state index contributed by atoms with van der Waals surface area (Å²) in [6.45, 7) is 2.30. The van der Waals surface area contributed by atoms with Crippen LogP contribution in [0.15, 0.2) is 58.3 Å². The molecule has 1 aliphatic rings. The van der Waals surface area contributed by atoms with Crippen LogP contribution in [0.3, 0.4) is 0 Å². The van der Waals surface area contributed by atoms with Gasteiger partial charge in [0.1, 0.15) is 5.75 Å². The van der Waals surface area contributed by atoms with Crippen molar-refractivity contribution in [3.8, 4) is 5.75 Å². The number of nitrogens with zero attached hydrogens (tertiary/aromatic N) is 2. The van der Waals surface area contributed by atoms with Crippen molar-refractivity contribution < 1.29 is 26.4 Å². The maximum absolute atomic E-state index is 13.1. The van der Waals surface area contributed by atoms with Gasteiger partial charge in [0.25, 0.3) is 0 Å². The number of carbonyl (C=O) groups is 1. The average Bonchev–Trinajstić information content (AvgIpc) is 2.82. The highest BCUT2D eigenvalue weighted by atomic mass is 32.2. The fourth-order valence-corrected chi connectivity index (χ4v) is 5.93. The molecule has 3 rings (SSSR count). The lowest BCUT2D eigenvalue weighted by Crippen LogP contribution is -2.44. The second-order valence-corrected chi connectivity index (χ2v) is 11.6. The van der Waals surface area contributed by atoms with Crippen LogP contribution in [0.4, 0.5) is 0 Å². The van der Waals surface area contributed by atoms with Crippen LogP contribution in [-0.4, -0.2) is 59.2 Å². The second kappa shape index (κ2) is 9.80. The molecule has 2 aromatic rings. The molecule has 1 aliphatic heterocycles. The third-order valence-corrected chi connectivity index (χ3v) is 8.92. The van der Waals surface area contributed by atoms with E-state index in [-0.39, 0.29) is 40.7 Å². The van der Waals surface area contributed by atoms with Gasteiger partial charge < -0.3 is 9.64 Å². The molecule has 9 nitrogen and oxygen atoms in total. The van der Waals surface area contributed by atoms with E-state index in [1.165, 1.54) is 35.7 Å². The molecule has 2 N–H and O–H groups in total. The molecule has 180 valence electrons. The summed E-state index contributed by atoms with van der Waals surface area (Å²) >= 11 is 0. The lowest BCUT2D eigenvalue weighted by Gasteiger charge is -2.34. The number of nitrogens with two attached hydrogens (primary N) is 1. The van der Waals surface area contributed by atoms with Gasteiger partial charge in [-0.3, -0.25) is 4.79 Å². The molecule has 0 bridgehead atoms. The van der Waals surface area contributed by atoms with Crippen LogP contribution in [0.1, 0.15) is 31.4 Å². The van der Waals surface area contributed by atoms with Crippen molar-refractivity contribution in [1.29, 1.82) is 0 Å². The molecule has 2 aromatic carbocycles. The number of sulfonamides is 2. The monoisotopic (exact) mass is 495 g/mol. The molecule has 1 heterocycles. The van der Waals surface area contributed by atoms with Gasteiger partial charge in [-0.25, -0.2) is 22.0 Å². The summed E-state index contributed by atoms with van der Waals surface area (Å²) in [6, 6.07) is 12.1. The lowest BCUT2D eigenvalue weighted by atomic mass is 9.95. The van der Waals surface area contributed by atoms with Crippen molar-refractivity contribution in [2.24, 2.45) is 11.1 Å². The first kappa shape index (κ1) is 25.2. The standard InChI is InChI=1S/C22H29N3O6S2/c1-16(18-5-4-6-21(15-18)32(23,27)28)24(2)22(26)17-11-13-25(14-12-17)33(29,30)20-9-7-19(31-3)8-10-20/h4-10,15-17H,11-14H2,1-3H3,(H2,23,27,28). The van der Waals surface area contributed by atoms with Crippen molar-refractivity contribution in [2.45, 2.75) is 35.6 Å². The fraction of sp³-hybridized carbons (Fsp3) is 0.409. The molecule has 0 spiro atoms. The number of hydrogen-bond acceptors (Lipinski definition) is 6. The third-order valence-electron chi connectivity index (χ3n) is 6.10. The molecular weight excluding hydrogens is 466 g/mol. The highest BCUT2D eigenvalue weighted by molar-refractivity contribution is 7.89. The highest BCUT2D eigenvalue weighted by Gasteiger charge is 2.34. The molecule has 0 aromatic heterocycles. The Morgan fingerprint density at radius 1 is 1.06 bits per heavy atom. The van der Waals surface area contributed by atoms with Gasteiger partial charge in [-0.1, -0.05) is 12.1 Å². The largest absolute Gasteiger partial charge is 0.497 e. The van der Waals surface area contributed by atoms with E-state index in [1.807, 2.05) is 6.92 Å². The van der Waals surface area contributed by atoms with E-state index < -0.39 is 20.0 Å². The molecule has 1 saturated heterocycles. The second-order valence-electron chi connectivity index (χ2n) is 8.10. The van der Waals surface area contributed by atoms with Gasteiger partial charge in [-0.05, 0) is 61.7 Å². The zero-order valence-corrected chi connectivity index (χ0v) is 20.5. The lowest BCUT2D eigenvalue weighted by molar-refractivity contribution is -0.137. The summed E-state index contributed by atoms with van der Waals surface area (Å²) in [5.74, 6) is 0.149.